The van der Waals surface area contributed by atoms with Crippen molar-refractivity contribution in [1.29, 1.82) is 0 Å². The fourth-order valence-corrected chi connectivity index (χ4v) is 8.73. The summed E-state index contributed by atoms with van der Waals surface area (Å²) in [6.07, 6.45) is 2.79. The molecule has 4 aromatic rings. The third kappa shape index (κ3) is 8.38. The van der Waals surface area contributed by atoms with Crippen molar-refractivity contribution in [2.75, 3.05) is 19.6 Å². The molecule has 15 heteroatoms. The molecule has 0 unspecified atom stereocenters. The third-order valence-electron chi connectivity index (χ3n) is 12.2. The fourth-order valence-electron chi connectivity index (χ4n) is 8.73. The van der Waals surface area contributed by atoms with E-state index in [1.165, 1.54) is 6.07 Å². The number of nitrogens with two attached hydrogens (primary N) is 1. The Morgan fingerprint density at radius 2 is 1.77 bits per heavy atom. The van der Waals surface area contributed by atoms with Crippen LogP contribution in [0.25, 0.3) is 22.3 Å². The summed E-state index contributed by atoms with van der Waals surface area (Å²) in [5, 5.41) is 21.5. The van der Waals surface area contributed by atoms with Gasteiger partial charge in [-0.25, -0.2) is 14.2 Å². The second kappa shape index (κ2) is 17.9. The van der Waals surface area contributed by atoms with Crippen LogP contribution in [0.2, 0.25) is 0 Å². The molecule has 0 spiro atoms. The van der Waals surface area contributed by atoms with Gasteiger partial charge in [0.1, 0.15) is 18.2 Å². The summed E-state index contributed by atoms with van der Waals surface area (Å²) in [7, 11) is 0. The van der Waals surface area contributed by atoms with E-state index in [1.54, 1.807) is 24.5 Å². The number of nitrogens with zero attached hydrogens (tertiary/aromatic N) is 2. The molecule has 2 amide bonds. The molecule has 316 valence electrons. The Balaban J connectivity index is 0.979. The van der Waals surface area contributed by atoms with Crippen LogP contribution >= 0.6 is 0 Å². The summed E-state index contributed by atoms with van der Waals surface area (Å²) in [5.74, 6) is -2.39. The van der Waals surface area contributed by atoms with Crippen molar-refractivity contribution in [3.05, 3.63) is 97.6 Å². The van der Waals surface area contributed by atoms with Crippen LogP contribution in [-0.2, 0) is 60.3 Å². The van der Waals surface area contributed by atoms with Crippen molar-refractivity contribution in [3.63, 3.8) is 0 Å². The smallest absolute Gasteiger partial charge is 0.343 e. The number of carbonyl (C=O) groups excluding carboxylic acids is 5. The lowest BCUT2D eigenvalue weighted by Crippen LogP contribution is -2.44. The summed E-state index contributed by atoms with van der Waals surface area (Å²) in [5.41, 5.74) is 9.05. The number of aromatic nitrogens is 2. The number of hydrogen-bond acceptors (Lipinski definition) is 11. The molecule has 2 aromatic heterocycles. The lowest BCUT2D eigenvalue weighted by molar-refractivity contribution is -0.172. The number of benzene rings is 2. The van der Waals surface area contributed by atoms with E-state index in [1.807, 2.05) is 30.3 Å². The van der Waals surface area contributed by atoms with Gasteiger partial charge < -0.3 is 36.1 Å². The molecule has 0 saturated heterocycles. The molecule has 0 saturated carbocycles. The van der Waals surface area contributed by atoms with Crippen LogP contribution in [0, 0.1) is 12.7 Å². The monoisotopic (exact) mass is 822 g/mol. The SMILES string of the molecule is CC[C@@]1(O)C(=O)OCc2c1cc1n(c2=O)Cc2c-1nc1cc(F)c(C)c3c1c2[C@@H](NCCCCNC(=O)CCC(=O)[C@H](Cc1ccccc1)NC(=O)CCC(=O)CN)CC3. The van der Waals surface area contributed by atoms with Crippen LogP contribution in [0.3, 0.4) is 0 Å². The summed E-state index contributed by atoms with van der Waals surface area (Å²) >= 11 is 0. The molecule has 2 aromatic carbocycles. The Bertz CT molecular complexity index is 2430. The number of halogens is 1. The second-order valence-corrected chi connectivity index (χ2v) is 15.9. The highest BCUT2D eigenvalue weighted by Crippen LogP contribution is 2.46. The average Bonchev–Trinajstić information content (AvgIpc) is 3.62. The second-order valence-electron chi connectivity index (χ2n) is 15.9. The Morgan fingerprint density at radius 1 is 1.02 bits per heavy atom. The topological polar surface area (TPSA) is 212 Å². The van der Waals surface area contributed by atoms with Gasteiger partial charge in [-0.1, -0.05) is 37.3 Å². The van der Waals surface area contributed by atoms with Gasteiger partial charge in [0.25, 0.3) is 5.56 Å². The summed E-state index contributed by atoms with van der Waals surface area (Å²) in [4.78, 5) is 81.7. The van der Waals surface area contributed by atoms with Crippen LogP contribution < -0.4 is 27.2 Å². The number of amides is 2. The lowest BCUT2D eigenvalue weighted by Gasteiger charge is -2.31. The number of Topliss-reactive ketones (excluding diaryl/α,β-unsaturated/α-hetero) is 2. The number of ether oxygens (including phenoxy) is 1. The molecule has 3 aliphatic rings. The van der Waals surface area contributed by atoms with E-state index in [-0.39, 0.29) is 104 Å². The summed E-state index contributed by atoms with van der Waals surface area (Å²) in [6, 6.07) is 11.4. The maximum Gasteiger partial charge on any atom is 0.343 e. The lowest BCUT2D eigenvalue weighted by atomic mass is 9.81. The van der Waals surface area contributed by atoms with E-state index in [4.69, 9.17) is 15.5 Å². The Labute approximate surface area is 346 Å². The minimum absolute atomic E-state index is 0.0105. The first-order valence-electron chi connectivity index (χ1n) is 20.7. The van der Waals surface area contributed by atoms with Crippen molar-refractivity contribution in [2.45, 2.75) is 109 Å². The highest BCUT2D eigenvalue weighted by Gasteiger charge is 2.46. The first kappa shape index (κ1) is 42.5. The molecule has 0 bridgehead atoms. The van der Waals surface area contributed by atoms with Crippen LogP contribution in [0.5, 0.6) is 0 Å². The molecular weight excluding hydrogens is 772 g/mol. The van der Waals surface area contributed by atoms with Gasteiger partial charge in [0.05, 0.1) is 41.6 Å². The average molecular weight is 823 g/mol. The quantitative estimate of drug-likeness (QED) is 0.0639. The number of pyridine rings is 2. The number of carbonyl (C=O) groups is 5. The number of aliphatic hydroxyl groups is 1. The highest BCUT2D eigenvalue weighted by molar-refractivity contribution is 5.94. The van der Waals surface area contributed by atoms with Crippen LogP contribution in [-0.4, -0.2) is 69.7 Å². The third-order valence-corrected chi connectivity index (χ3v) is 12.2. The van der Waals surface area contributed by atoms with Crippen LogP contribution in [0.15, 0.2) is 47.3 Å². The maximum atomic E-state index is 15.3. The maximum absolute atomic E-state index is 15.3. The molecule has 1 aliphatic carbocycles. The normalized spacial score (nSPS) is 17.9. The van der Waals surface area contributed by atoms with Gasteiger partial charge in [-0.3, -0.25) is 24.0 Å². The van der Waals surface area contributed by atoms with E-state index in [2.05, 4.69) is 16.0 Å². The number of ketones is 2. The molecule has 3 atom stereocenters. The van der Waals surface area contributed by atoms with Gasteiger partial charge in [-0.2, -0.15) is 0 Å². The van der Waals surface area contributed by atoms with Gasteiger partial charge in [-0.05, 0) is 80.3 Å². The number of cyclic esters (lactones) is 1. The minimum atomic E-state index is -1.97. The number of nitrogens with one attached hydrogen (secondary N) is 3. The molecule has 4 heterocycles. The van der Waals surface area contributed by atoms with E-state index in [0.29, 0.717) is 54.8 Å². The number of fused-ring (bicyclic) bond motifs is 5. The van der Waals surface area contributed by atoms with Crippen LogP contribution in [0.4, 0.5) is 4.39 Å². The van der Waals surface area contributed by atoms with Gasteiger partial charge in [0.15, 0.2) is 11.4 Å². The van der Waals surface area contributed by atoms with Crippen molar-refractivity contribution in [1.82, 2.24) is 25.5 Å². The number of rotatable bonds is 18. The number of hydrogen-bond donors (Lipinski definition) is 5. The van der Waals surface area contributed by atoms with E-state index in [9.17, 15) is 33.9 Å². The van der Waals surface area contributed by atoms with Crippen molar-refractivity contribution < 1.29 is 38.2 Å². The van der Waals surface area contributed by atoms with E-state index < -0.39 is 23.5 Å². The summed E-state index contributed by atoms with van der Waals surface area (Å²) in [6.45, 7) is 4.26. The fraction of sp³-hybridized carbons (Fsp3) is 0.444. The van der Waals surface area contributed by atoms with Crippen molar-refractivity contribution in [3.8, 4) is 11.4 Å². The molecule has 7 rings (SSSR count). The molecule has 6 N–H and O–H groups in total. The molecule has 0 radical (unpaired) electrons. The van der Waals surface area contributed by atoms with Gasteiger partial charge in [0.2, 0.25) is 11.8 Å². The molecule has 2 aliphatic heterocycles. The van der Waals surface area contributed by atoms with Crippen LogP contribution in [0.1, 0.15) is 103 Å². The Morgan fingerprint density at radius 3 is 2.52 bits per heavy atom. The zero-order valence-corrected chi connectivity index (χ0v) is 34.0. The zero-order chi connectivity index (χ0) is 42.7. The first-order valence-corrected chi connectivity index (χ1v) is 20.7. The highest BCUT2D eigenvalue weighted by atomic mass is 19.1. The molecule has 14 nitrogen and oxygen atoms in total. The van der Waals surface area contributed by atoms with Gasteiger partial charge in [-0.15, -0.1) is 0 Å². The van der Waals surface area contributed by atoms with Gasteiger partial charge in [0, 0.05) is 60.8 Å². The first-order chi connectivity index (χ1) is 28.8. The molecule has 60 heavy (non-hydrogen) atoms. The predicted molar refractivity (Wildman–Crippen MR) is 220 cm³/mol. The van der Waals surface area contributed by atoms with E-state index >= 15 is 4.39 Å². The van der Waals surface area contributed by atoms with E-state index in [0.717, 1.165) is 34.1 Å². The Kier molecular flexibility index (Phi) is 12.7. The van der Waals surface area contributed by atoms with Crippen molar-refractivity contribution in [2.24, 2.45) is 5.73 Å². The number of esters is 1. The zero-order valence-electron chi connectivity index (χ0n) is 34.0. The number of unbranched alkanes of at least 4 members (excludes halogenated alkanes) is 1. The largest absolute Gasteiger partial charge is 0.458 e. The molecule has 0 fully saturated rings. The minimum Gasteiger partial charge on any atom is -0.458 e. The van der Waals surface area contributed by atoms with Gasteiger partial charge >= 0.3 is 5.97 Å². The Hall–Kier alpha value is -5.64. The molecular formula is C45H51FN6O8. The summed E-state index contributed by atoms with van der Waals surface area (Å²) < 4.78 is 22.1. The van der Waals surface area contributed by atoms with Crippen molar-refractivity contribution >= 4 is 40.3 Å². The predicted octanol–water partition coefficient (Wildman–Crippen LogP) is 3.39. The number of aryl methyl sites for hydroxylation is 1. The standard InChI is InChI=1S/C45H51FN6O8/c1-3-45(59)31-20-36-42-29(23-52(36)43(57)30(31)24-60-44(45)58)41-33(13-12-28-25(2)32(46)21-35(51-42)40(28)41)48-17-7-8-18-49-38(55)16-14-37(54)34(19-26-9-5-4-6-10-26)50-39(56)15-11-27(53)22-47/h4-6,9-10,20-21,33-34,48,59H,3,7-8,11-19,22-24,47H2,1-2H3,(H,49,55)(H,50,56)/t33-,34-,45-/m0/s1.